The maximum atomic E-state index is 5.45. The molecule has 3 nitrogen and oxygen atoms in total. The molecule has 1 unspecified atom stereocenters. The van der Waals surface area contributed by atoms with Crippen molar-refractivity contribution in [3.05, 3.63) is 0 Å². The van der Waals surface area contributed by atoms with Crippen LogP contribution in [0.1, 0.15) is 26.7 Å². The molecule has 0 heterocycles. The summed E-state index contributed by atoms with van der Waals surface area (Å²) in [5, 5.41) is 3.33. The Kier molecular flexibility index (Phi) is 7.45. The summed E-state index contributed by atoms with van der Waals surface area (Å²) in [6, 6.07) is 0.433. The van der Waals surface area contributed by atoms with Crippen LogP contribution >= 0.6 is 0 Å². The molecule has 0 saturated heterocycles. The van der Waals surface area contributed by atoms with E-state index in [1.54, 1.807) is 7.11 Å². The molecule has 3 heteroatoms. The second-order valence-corrected chi connectivity index (χ2v) is 3.28. The highest BCUT2D eigenvalue weighted by Crippen LogP contribution is 1.98. The summed E-state index contributed by atoms with van der Waals surface area (Å²) in [5.74, 6) is 0. The van der Waals surface area contributed by atoms with Gasteiger partial charge in [-0.05, 0) is 33.2 Å². The molecule has 0 spiro atoms. The van der Waals surface area contributed by atoms with Gasteiger partial charge in [0.15, 0.2) is 0 Å². The number of nitrogens with two attached hydrogens (primary N) is 1. The molecule has 2 atom stereocenters. The number of hydrogen-bond acceptors (Lipinski definition) is 3. The third-order valence-corrected chi connectivity index (χ3v) is 2.04. The van der Waals surface area contributed by atoms with Crippen LogP contribution < -0.4 is 11.1 Å². The lowest BCUT2D eigenvalue weighted by atomic mass is 10.2. The third-order valence-electron chi connectivity index (χ3n) is 2.04. The van der Waals surface area contributed by atoms with Gasteiger partial charge in [-0.25, -0.2) is 0 Å². The number of hydrogen-bond donors (Lipinski definition) is 2. The fourth-order valence-corrected chi connectivity index (χ4v) is 0.939. The van der Waals surface area contributed by atoms with Gasteiger partial charge in [0.1, 0.15) is 0 Å². The fourth-order valence-electron chi connectivity index (χ4n) is 0.939. The van der Waals surface area contributed by atoms with Crippen LogP contribution in [0.5, 0.6) is 0 Å². The smallest absolute Gasteiger partial charge is 0.0543 e. The minimum absolute atomic E-state index is 0.375. The minimum atomic E-state index is 0.375. The van der Waals surface area contributed by atoms with E-state index in [-0.39, 0.29) is 0 Å². The van der Waals surface area contributed by atoms with Crippen LogP contribution in [-0.2, 0) is 4.74 Å². The van der Waals surface area contributed by atoms with Crippen molar-refractivity contribution >= 4 is 0 Å². The van der Waals surface area contributed by atoms with Crippen molar-refractivity contribution in [2.24, 2.45) is 5.73 Å². The van der Waals surface area contributed by atoms with Crippen molar-refractivity contribution in [2.45, 2.75) is 38.8 Å². The van der Waals surface area contributed by atoms with Gasteiger partial charge in [-0.1, -0.05) is 0 Å². The molecule has 0 aliphatic carbocycles. The molecule has 0 fully saturated rings. The van der Waals surface area contributed by atoms with Crippen molar-refractivity contribution in [3.63, 3.8) is 0 Å². The van der Waals surface area contributed by atoms with Crippen molar-refractivity contribution in [3.8, 4) is 0 Å². The highest BCUT2D eigenvalue weighted by Gasteiger charge is 2.00. The van der Waals surface area contributed by atoms with Gasteiger partial charge < -0.3 is 15.8 Å². The van der Waals surface area contributed by atoms with E-state index in [0.717, 1.165) is 19.4 Å². The highest BCUT2D eigenvalue weighted by molar-refractivity contribution is 4.61. The zero-order valence-corrected chi connectivity index (χ0v) is 8.47. The van der Waals surface area contributed by atoms with Crippen molar-refractivity contribution in [2.75, 3.05) is 20.2 Å². The first-order valence-electron chi connectivity index (χ1n) is 4.67. The van der Waals surface area contributed by atoms with Gasteiger partial charge in [0.05, 0.1) is 6.10 Å². The molecule has 74 valence electrons. The molecule has 0 saturated carbocycles. The molecule has 0 bridgehead atoms. The first kappa shape index (κ1) is 11.9. The van der Waals surface area contributed by atoms with Gasteiger partial charge in [0.2, 0.25) is 0 Å². The van der Waals surface area contributed by atoms with E-state index in [0.29, 0.717) is 18.7 Å². The summed E-state index contributed by atoms with van der Waals surface area (Å²) >= 11 is 0. The Labute approximate surface area is 75.7 Å². The molecule has 0 aromatic rings. The number of rotatable bonds is 7. The Morgan fingerprint density at radius 2 is 2.08 bits per heavy atom. The molecule has 0 amide bonds. The van der Waals surface area contributed by atoms with Gasteiger partial charge in [0, 0.05) is 19.7 Å². The lowest BCUT2D eigenvalue weighted by molar-refractivity contribution is 0.109. The predicted octanol–water partition coefficient (Wildman–Crippen LogP) is 0.738. The average Bonchev–Trinajstić information content (AvgIpc) is 2.11. The quantitative estimate of drug-likeness (QED) is 0.560. The number of ether oxygens (including phenoxy) is 1. The largest absolute Gasteiger partial charge is 0.382 e. The molecule has 0 aromatic carbocycles. The summed E-state index contributed by atoms with van der Waals surface area (Å²) in [6.07, 6.45) is 2.64. The first-order valence-corrected chi connectivity index (χ1v) is 4.67. The van der Waals surface area contributed by atoms with Crippen LogP contribution in [0.15, 0.2) is 0 Å². The van der Waals surface area contributed by atoms with E-state index in [4.69, 9.17) is 10.5 Å². The van der Waals surface area contributed by atoms with Crippen LogP contribution in [0.4, 0.5) is 0 Å². The number of nitrogens with one attached hydrogen (secondary N) is 1. The lowest BCUT2D eigenvalue weighted by Crippen LogP contribution is -2.34. The van der Waals surface area contributed by atoms with Gasteiger partial charge in [-0.3, -0.25) is 0 Å². The molecule has 0 aliphatic rings. The topological polar surface area (TPSA) is 47.3 Å². The van der Waals surface area contributed by atoms with E-state index in [2.05, 4.69) is 19.2 Å². The zero-order valence-electron chi connectivity index (χ0n) is 8.47. The van der Waals surface area contributed by atoms with Crippen LogP contribution in [0.2, 0.25) is 0 Å². The fraction of sp³-hybridized carbons (Fsp3) is 1.00. The van der Waals surface area contributed by atoms with Gasteiger partial charge in [-0.2, -0.15) is 0 Å². The monoisotopic (exact) mass is 174 g/mol. The second-order valence-electron chi connectivity index (χ2n) is 3.28. The molecule has 0 aromatic heterocycles. The Hall–Kier alpha value is -0.120. The van der Waals surface area contributed by atoms with E-state index in [1.165, 1.54) is 0 Å². The SMILES string of the molecule is COC(C)CCCN[C@@H](C)CN. The Balaban J connectivity index is 3.10. The maximum absolute atomic E-state index is 5.45. The van der Waals surface area contributed by atoms with Crippen molar-refractivity contribution < 1.29 is 4.74 Å². The summed E-state index contributed by atoms with van der Waals surface area (Å²) in [7, 11) is 1.75. The van der Waals surface area contributed by atoms with E-state index < -0.39 is 0 Å². The zero-order chi connectivity index (χ0) is 9.40. The van der Waals surface area contributed by atoms with Crippen LogP contribution in [0.25, 0.3) is 0 Å². The molecular formula is C9H22N2O. The standard InChI is InChI=1S/C9H22N2O/c1-8(7-10)11-6-4-5-9(2)12-3/h8-9,11H,4-7,10H2,1-3H3/t8-,9?/m0/s1. The molecular weight excluding hydrogens is 152 g/mol. The minimum Gasteiger partial charge on any atom is -0.382 e. The normalized spacial score (nSPS) is 16.0. The average molecular weight is 174 g/mol. The predicted molar refractivity (Wildman–Crippen MR) is 52.2 cm³/mol. The highest BCUT2D eigenvalue weighted by atomic mass is 16.5. The molecule has 12 heavy (non-hydrogen) atoms. The summed E-state index contributed by atoms with van der Waals surface area (Å²) in [4.78, 5) is 0. The Bertz CT molecular complexity index is 86.5. The summed E-state index contributed by atoms with van der Waals surface area (Å²) in [5.41, 5.74) is 5.45. The van der Waals surface area contributed by atoms with Crippen molar-refractivity contribution in [1.82, 2.24) is 5.32 Å². The first-order chi connectivity index (χ1) is 5.70. The third kappa shape index (κ3) is 6.58. The van der Waals surface area contributed by atoms with Crippen molar-refractivity contribution in [1.29, 1.82) is 0 Å². The molecule has 3 N–H and O–H groups in total. The van der Waals surface area contributed by atoms with E-state index in [9.17, 15) is 0 Å². The molecule has 0 rings (SSSR count). The Morgan fingerprint density at radius 3 is 2.58 bits per heavy atom. The van der Waals surface area contributed by atoms with Gasteiger partial charge >= 0.3 is 0 Å². The lowest BCUT2D eigenvalue weighted by Gasteiger charge is -2.12. The van der Waals surface area contributed by atoms with E-state index in [1.807, 2.05) is 0 Å². The van der Waals surface area contributed by atoms with Crippen LogP contribution in [-0.4, -0.2) is 32.3 Å². The van der Waals surface area contributed by atoms with Crippen LogP contribution in [0, 0.1) is 0 Å². The summed E-state index contributed by atoms with van der Waals surface area (Å²) < 4.78 is 5.13. The second kappa shape index (κ2) is 7.53. The maximum Gasteiger partial charge on any atom is 0.0543 e. The van der Waals surface area contributed by atoms with Crippen LogP contribution in [0.3, 0.4) is 0 Å². The van der Waals surface area contributed by atoms with Gasteiger partial charge in [0.25, 0.3) is 0 Å². The Morgan fingerprint density at radius 1 is 1.42 bits per heavy atom. The molecule has 0 radical (unpaired) electrons. The van der Waals surface area contributed by atoms with Gasteiger partial charge in [-0.15, -0.1) is 0 Å². The van der Waals surface area contributed by atoms with E-state index >= 15 is 0 Å². The summed E-state index contributed by atoms with van der Waals surface area (Å²) in [6.45, 7) is 5.93. The number of methoxy groups -OCH3 is 1. The molecule has 0 aliphatic heterocycles.